The number of nitrogens with one attached hydrogen (secondary N) is 1. The highest BCUT2D eigenvalue weighted by atomic mass is 32.2. The molecule has 0 amide bonds. The zero-order chi connectivity index (χ0) is 19.3. The van der Waals surface area contributed by atoms with Crippen molar-refractivity contribution < 1.29 is 14.4 Å². The van der Waals surface area contributed by atoms with Gasteiger partial charge in [-0.3, -0.25) is 0 Å². The molecule has 0 spiro atoms. The number of aryl methyl sites for hydroxylation is 1. The minimum Gasteiger partial charge on any atom is -0.611 e. The van der Waals surface area contributed by atoms with E-state index in [0.717, 1.165) is 48.7 Å². The first-order chi connectivity index (χ1) is 13.6. The van der Waals surface area contributed by atoms with Gasteiger partial charge in [0.15, 0.2) is 5.82 Å². The molecule has 1 aromatic heterocycles. The molecule has 3 aliphatic rings. The lowest BCUT2D eigenvalue weighted by molar-refractivity contribution is 0.143. The number of benzene rings is 1. The third-order valence-electron chi connectivity index (χ3n) is 6.09. The molecule has 7 nitrogen and oxygen atoms in total. The zero-order valence-corrected chi connectivity index (χ0v) is 16.7. The fourth-order valence-electron chi connectivity index (χ4n) is 4.23. The van der Waals surface area contributed by atoms with Crippen LogP contribution in [0.2, 0.25) is 0 Å². The highest BCUT2D eigenvalue weighted by Gasteiger charge is 2.41. The quantitative estimate of drug-likeness (QED) is 0.742. The van der Waals surface area contributed by atoms with Crippen LogP contribution < -0.4 is 15.0 Å². The molecule has 28 heavy (non-hydrogen) atoms. The van der Waals surface area contributed by atoms with Gasteiger partial charge in [0.25, 0.3) is 0 Å². The summed E-state index contributed by atoms with van der Waals surface area (Å²) in [7, 11) is 1.67. The molecule has 1 aromatic carbocycles. The normalized spacial score (nSPS) is 21.8. The number of hydrogen-bond donors (Lipinski definition) is 2. The van der Waals surface area contributed by atoms with E-state index in [1.54, 1.807) is 7.11 Å². The number of aromatic nitrogens is 2. The molecule has 3 heterocycles. The van der Waals surface area contributed by atoms with Crippen LogP contribution in [0.1, 0.15) is 36.1 Å². The summed E-state index contributed by atoms with van der Waals surface area (Å²) in [5.74, 6) is 2.73. The van der Waals surface area contributed by atoms with Crippen molar-refractivity contribution in [2.75, 3.05) is 29.7 Å². The number of anilines is 2. The fourth-order valence-corrected chi connectivity index (χ4v) is 5.53. The lowest BCUT2D eigenvalue weighted by Crippen LogP contribution is -2.48. The van der Waals surface area contributed by atoms with Crippen LogP contribution in [-0.4, -0.2) is 44.6 Å². The summed E-state index contributed by atoms with van der Waals surface area (Å²) < 4.78 is 17.9. The van der Waals surface area contributed by atoms with Gasteiger partial charge in [-0.05, 0) is 53.7 Å². The van der Waals surface area contributed by atoms with Gasteiger partial charge in [0.2, 0.25) is 10.8 Å². The molecule has 2 N–H and O–H groups in total. The number of ether oxygens (including phenoxy) is 1. The minimum atomic E-state index is -1.08. The Bertz CT molecular complexity index is 913. The maximum atomic E-state index is 12.5. The third kappa shape index (κ3) is 2.91. The molecule has 0 unspecified atom stereocenters. The number of aliphatic hydroxyl groups is 1. The monoisotopic (exact) mass is 400 g/mol. The van der Waals surface area contributed by atoms with Crippen LogP contribution in [0.25, 0.3) is 0 Å². The van der Waals surface area contributed by atoms with Crippen molar-refractivity contribution in [1.29, 1.82) is 0 Å². The summed E-state index contributed by atoms with van der Waals surface area (Å²) in [6.45, 7) is 1.52. The maximum absolute atomic E-state index is 12.5. The summed E-state index contributed by atoms with van der Waals surface area (Å²) in [4.78, 5) is 12.4. The second-order valence-electron chi connectivity index (χ2n) is 7.86. The highest BCUT2D eigenvalue weighted by Crippen LogP contribution is 2.40. The molecule has 8 heteroatoms. The average Bonchev–Trinajstić information content (AvgIpc) is 3.27. The van der Waals surface area contributed by atoms with Crippen molar-refractivity contribution in [3.63, 3.8) is 0 Å². The van der Waals surface area contributed by atoms with Crippen molar-refractivity contribution >= 4 is 22.9 Å². The molecule has 5 rings (SSSR count). The fraction of sp³-hybridized carbons (Fsp3) is 0.500. The lowest BCUT2D eigenvalue weighted by Gasteiger charge is -2.41. The SMILES string of the molecule is COc1ccc2c(c1)CN(c1nc3c(c(NC4(CO)CCC4)n1)[S@+]([O-])CC3)C2. The molecule has 2 aliphatic heterocycles. The standard InChI is InChI=1S/C20H24N4O3S/c1-27-15-4-3-13-10-24(11-14(13)9-15)19-21-16-5-8-28(26)17(16)18(22-19)23-20(12-25)6-2-7-20/h3-4,9,25H,2,5-8,10-12H2,1H3,(H,21,22,23)/t28-/m1/s1. The number of fused-ring (bicyclic) bond motifs is 2. The van der Waals surface area contributed by atoms with Crippen molar-refractivity contribution in [2.24, 2.45) is 0 Å². The molecule has 1 saturated carbocycles. The first-order valence-electron chi connectivity index (χ1n) is 9.70. The lowest BCUT2D eigenvalue weighted by atomic mass is 9.77. The molecule has 0 bridgehead atoms. The molecule has 148 valence electrons. The van der Waals surface area contributed by atoms with Gasteiger partial charge < -0.3 is 24.6 Å². The van der Waals surface area contributed by atoms with E-state index in [1.807, 2.05) is 6.07 Å². The number of rotatable bonds is 5. The highest BCUT2D eigenvalue weighted by molar-refractivity contribution is 7.91. The second kappa shape index (κ2) is 6.79. The van der Waals surface area contributed by atoms with E-state index in [1.165, 1.54) is 11.1 Å². The molecule has 0 saturated heterocycles. The minimum absolute atomic E-state index is 0.0582. The van der Waals surface area contributed by atoms with Crippen LogP contribution in [0.4, 0.5) is 11.8 Å². The van der Waals surface area contributed by atoms with E-state index in [9.17, 15) is 9.66 Å². The van der Waals surface area contributed by atoms with Crippen LogP contribution >= 0.6 is 0 Å². The topological polar surface area (TPSA) is 93.6 Å². The van der Waals surface area contributed by atoms with E-state index in [2.05, 4.69) is 22.3 Å². The van der Waals surface area contributed by atoms with Gasteiger partial charge in [-0.1, -0.05) is 6.07 Å². The number of aliphatic hydroxyl groups excluding tert-OH is 1. The largest absolute Gasteiger partial charge is 0.611 e. The Hall–Kier alpha value is -2.03. The van der Waals surface area contributed by atoms with E-state index in [4.69, 9.17) is 14.7 Å². The van der Waals surface area contributed by atoms with Crippen LogP contribution in [0.3, 0.4) is 0 Å². The Morgan fingerprint density at radius 3 is 2.82 bits per heavy atom. The van der Waals surface area contributed by atoms with Gasteiger partial charge in [0.1, 0.15) is 17.2 Å². The number of nitrogens with zero attached hydrogens (tertiary/aromatic N) is 3. The molecular formula is C20H24N4O3S. The van der Waals surface area contributed by atoms with Crippen molar-refractivity contribution in [3.8, 4) is 5.75 Å². The third-order valence-corrected chi connectivity index (χ3v) is 7.55. The van der Waals surface area contributed by atoms with Gasteiger partial charge in [-0.15, -0.1) is 0 Å². The number of methoxy groups -OCH3 is 1. The summed E-state index contributed by atoms with van der Waals surface area (Å²) >= 11 is -1.08. The predicted molar refractivity (Wildman–Crippen MR) is 107 cm³/mol. The van der Waals surface area contributed by atoms with Crippen LogP contribution in [0.15, 0.2) is 23.1 Å². The Kier molecular flexibility index (Phi) is 4.37. The van der Waals surface area contributed by atoms with E-state index < -0.39 is 11.2 Å². The van der Waals surface area contributed by atoms with E-state index in [-0.39, 0.29) is 12.1 Å². The summed E-state index contributed by atoms with van der Waals surface area (Å²) in [6, 6.07) is 6.13. The molecule has 0 radical (unpaired) electrons. The van der Waals surface area contributed by atoms with Gasteiger partial charge in [0.05, 0.1) is 19.3 Å². The molecule has 2 aromatic rings. The van der Waals surface area contributed by atoms with Gasteiger partial charge in [-0.2, -0.15) is 4.98 Å². The zero-order valence-electron chi connectivity index (χ0n) is 15.9. The summed E-state index contributed by atoms with van der Waals surface area (Å²) in [5.41, 5.74) is 2.99. The molecule has 1 aliphatic carbocycles. The Morgan fingerprint density at radius 1 is 1.29 bits per heavy atom. The van der Waals surface area contributed by atoms with Crippen molar-refractivity contribution in [3.05, 3.63) is 35.0 Å². The van der Waals surface area contributed by atoms with Crippen molar-refractivity contribution in [2.45, 2.75) is 49.2 Å². The Morgan fingerprint density at radius 2 is 2.11 bits per heavy atom. The van der Waals surface area contributed by atoms with E-state index >= 15 is 0 Å². The second-order valence-corrected chi connectivity index (χ2v) is 9.36. The molecule has 1 fully saturated rings. The van der Waals surface area contributed by atoms with E-state index in [0.29, 0.717) is 23.9 Å². The first-order valence-corrected chi connectivity index (χ1v) is 11.0. The number of hydrogen-bond acceptors (Lipinski definition) is 7. The predicted octanol–water partition coefficient (Wildman–Crippen LogP) is 2.00. The van der Waals surface area contributed by atoms with Gasteiger partial charge in [0, 0.05) is 19.5 Å². The van der Waals surface area contributed by atoms with Crippen LogP contribution in [-0.2, 0) is 30.7 Å². The van der Waals surface area contributed by atoms with Gasteiger partial charge >= 0.3 is 0 Å². The van der Waals surface area contributed by atoms with Crippen LogP contribution in [0.5, 0.6) is 5.75 Å². The van der Waals surface area contributed by atoms with Crippen molar-refractivity contribution in [1.82, 2.24) is 9.97 Å². The Labute approximate surface area is 167 Å². The molecule has 1 atom stereocenters. The molecular weight excluding hydrogens is 376 g/mol. The smallest absolute Gasteiger partial charge is 0.228 e. The average molecular weight is 401 g/mol. The maximum Gasteiger partial charge on any atom is 0.228 e. The van der Waals surface area contributed by atoms with Crippen LogP contribution in [0, 0.1) is 0 Å². The Balaban J connectivity index is 1.48. The summed E-state index contributed by atoms with van der Waals surface area (Å²) in [5, 5.41) is 13.3. The summed E-state index contributed by atoms with van der Waals surface area (Å²) in [6.07, 6.45) is 3.59. The first kappa shape index (κ1) is 18.0. The van der Waals surface area contributed by atoms with Gasteiger partial charge in [-0.25, -0.2) is 4.98 Å².